The molecule has 0 spiro atoms. The molecule has 2 aliphatic rings. The molecule has 0 aliphatic carbocycles. The highest BCUT2D eigenvalue weighted by Gasteiger charge is 2.24. The number of rotatable bonds is 7. The highest BCUT2D eigenvalue weighted by atomic mass is 79.9. The molecule has 3 aromatic carbocycles. The summed E-state index contributed by atoms with van der Waals surface area (Å²) in [6, 6.07) is 26.5. The molecule has 0 aromatic heterocycles. The van der Waals surface area contributed by atoms with Crippen molar-refractivity contribution in [2.24, 2.45) is 0 Å². The van der Waals surface area contributed by atoms with Crippen molar-refractivity contribution in [3.05, 3.63) is 113 Å². The van der Waals surface area contributed by atoms with E-state index in [9.17, 15) is 4.79 Å². The van der Waals surface area contributed by atoms with Crippen molar-refractivity contribution in [3.8, 4) is 5.75 Å². The molecule has 2 aliphatic heterocycles. The van der Waals surface area contributed by atoms with Gasteiger partial charge in [0.1, 0.15) is 5.75 Å². The lowest BCUT2D eigenvalue weighted by Crippen LogP contribution is -2.29. The first kappa shape index (κ1) is 23.1. The summed E-state index contributed by atoms with van der Waals surface area (Å²) < 4.78 is 5.61. The van der Waals surface area contributed by atoms with Crippen LogP contribution in [0.4, 0.5) is 0 Å². The minimum atomic E-state index is -0.319. The fraction of sp³-hybridized carbons (Fsp3) is 0.250. The monoisotopic (exact) mass is 504 g/mol. The molecule has 170 valence electrons. The van der Waals surface area contributed by atoms with Crippen LogP contribution in [0.25, 0.3) is 0 Å². The van der Waals surface area contributed by atoms with E-state index in [1.807, 2.05) is 60.7 Å². The number of carbonyl (C=O) groups excluding carboxylic acids is 1. The molecular weight excluding hydrogens is 476 g/mol. The van der Waals surface area contributed by atoms with Crippen LogP contribution in [-0.4, -0.2) is 30.5 Å². The number of nitrogens with one attached hydrogen (secondary N) is 1. The zero-order valence-electron chi connectivity index (χ0n) is 18.6. The highest BCUT2D eigenvalue weighted by Crippen LogP contribution is 2.27. The van der Waals surface area contributed by atoms with Gasteiger partial charge in [-0.25, -0.2) is 0 Å². The molecule has 5 heteroatoms. The Morgan fingerprint density at radius 3 is 2.33 bits per heavy atom. The smallest absolute Gasteiger partial charge is 0.236 e. The van der Waals surface area contributed by atoms with Gasteiger partial charge in [-0.15, -0.1) is 17.0 Å². The Labute approximate surface area is 206 Å². The number of nitrogens with zero attached hydrogens (tertiary/aromatic N) is 1. The second-order valence-corrected chi connectivity index (χ2v) is 8.47. The average molecular weight is 505 g/mol. The van der Waals surface area contributed by atoms with E-state index in [1.165, 1.54) is 11.1 Å². The maximum absolute atomic E-state index is 13.3. The summed E-state index contributed by atoms with van der Waals surface area (Å²) in [5, 5.41) is 3.20. The van der Waals surface area contributed by atoms with Crippen LogP contribution in [-0.2, 0) is 17.6 Å². The van der Waals surface area contributed by atoms with Gasteiger partial charge in [-0.05, 0) is 34.7 Å². The van der Waals surface area contributed by atoms with Crippen LogP contribution in [0.1, 0.15) is 34.6 Å². The van der Waals surface area contributed by atoms with Gasteiger partial charge in [0.15, 0.2) is 0 Å². The Hall–Kier alpha value is -3.05. The Bertz CT molecular complexity index is 1080. The summed E-state index contributed by atoms with van der Waals surface area (Å²) in [7, 11) is 0. The second-order valence-electron chi connectivity index (χ2n) is 8.47. The van der Waals surface area contributed by atoms with E-state index in [-0.39, 0.29) is 28.8 Å². The number of carbonyl (C=O) groups is 1. The average Bonchev–Trinajstić information content (AvgIpc) is 3.48. The topological polar surface area (TPSA) is 41.6 Å². The Balaban J connectivity index is 0.00000259. The van der Waals surface area contributed by atoms with Crippen molar-refractivity contribution in [2.75, 3.05) is 19.7 Å². The quantitative estimate of drug-likeness (QED) is 0.478. The number of hydrogen-bond donors (Lipinski definition) is 1. The van der Waals surface area contributed by atoms with E-state index in [4.69, 9.17) is 4.74 Å². The van der Waals surface area contributed by atoms with Crippen LogP contribution in [0.15, 0.2) is 90.8 Å². The first-order valence-electron chi connectivity index (χ1n) is 11.4. The Kier molecular flexibility index (Phi) is 7.50. The van der Waals surface area contributed by atoms with Gasteiger partial charge < -0.3 is 15.0 Å². The SMILES string of the molecule is Br.O=C(NC1=CN(CCc2ccc3c(c2)CCO3)CC1)C(c1ccccc1)c1ccccc1. The largest absolute Gasteiger partial charge is 0.493 e. The van der Waals surface area contributed by atoms with Crippen molar-refractivity contribution in [1.82, 2.24) is 10.2 Å². The van der Waals surface area contributed by atoms with Crippen molar-refractivity contribution in [2.45, 2.75) is 25.2 Å². The molecule has 2 heterocycles. The molecule has 0 atom stereocenters. The van der Waals surface area contributed by atoms with Gasteiger partial charge >= 0.3 is 0 Å². The Morgan fingerprint density at radius 2 is 1.64 bits per heavy atom. The molecule has 1 amide bonds. The molecule has 0 fully saturated rings. The lowest BCUT2D eigenvalue weighted by molar-refractivity contribution is -0.121. The summed E-state index contributed by atoms with van der Waals surface area (Å²) in [5.74, 6) is 0.737. The normalized spacial score (nSPS) is 14.3. The first-order chi connectivity index (χ1) is 15.8. The van der Waals surface area contributed by atoms with Gasteiger partial charge in [-0.1, -0.05) is 72.8 Å². The third kappa shape index (κ3) is 5.48. The second kappa shape index (κ2) is 10.7. The summed E-state index contributed by atoms with van der Waals surface area (Å²) in [6.45, 7) is 2.68. The van der Waals surface area contributed by atoms with Crippen molar-refractivity contribution >= 4 is 22.9 Å². The Morgan fingerprint density at radius 1 is 0.939 bits per heavy atom. The zero-order chi connectivity index (χ0) is 21.8. The minimum absolute atomic E-state index is 0. The molecule has 0 saturated carbocycles. The number of ether oxygens (including phenoxy) is 1. The predicted molar refractivity (Wildman–Crippen MR) is 137 cm³/mol. The van der Waals surface area contributed by atoms with Gasteiger partial charge in [-0.2, -0.15) is 0 Å². The molecule has 3 aromatic rings. The molecule has 1 N–H and O–H groups in total. The third-order valence-corrected chi connectivity index (χ3v) is 6.26. The minimum Gasteiger partial charge on any atom is -0.493 e. The van der Waals surface area contributed by atoms with Gasteiger partial charge in [0, 0.05) is 37.8 Å². The molecule has 33 heavy (non-hydrogen) atoms. The first-order valence-corrected chi connectivity index (χ1v) is 11.4. The summed E-state index contributed by atoms with van der Waals surface area (Å²) >= 11 is 0. The maximum Gasteiger partial charge on any atom is 0.236 e. The van der Waals surface area contributed by atoms with E-state index in [0.29, 0.717) is 0 Å². The van der Waals surface area contributed by atoms with Crippen LogP contribution >= 0.6 is 17.0 Å². The standard InChI is InChI=1S/C28H28N2O2.BrH/c31-28(27(22-7-3-1-4-8-22)23-9-5-2-6-10-23)29-25-14-17-30(20-25)16-13-21-11-12-26-24(19-21)15-18-32-26;/h1-12,19-20,27H,13-18H2,(H,29,31);1H. The number of hydrogen-bond acceptors (Lipinski definition) is 3. The summed E-state index contributed by atoms with van der Waals surface area (Å²) in [5.41, 5.74) is 5.67. The predicted octanol–water partition coefficient (Wildman–Crippen LogP) is 5.24. The zero-order valence-corrected chi connectivity index (χ0v) is 20.3. The number of benzene rings is 3. The fourth-order valence-corrected chi connectivity index (χ4v) is 4.57. The highest BCUT2D eigenvalue weighted by molar-refractivity contribution is 8.93. The third-order valence-electron chi connectivity index (χ3n) is 6.26. The van der Waals surface area contributed by atoms with Crippen LogP contribution in [0.3, 0.4) is 0 Å². The summed E-state index contributed by atoms with van der Waals surface area (Å²) in [6.07, 6.45) is 4.97. The van der Waals surface area contributed by atoms with Crippen molar-refractivity contribution < 1.29 is 9.53 Å². The lowest BCUT2D eigenvalue weighted by Gasteiger charge is -2.18. The van der Waals surface area contributed by atoms with Crippen LogP contribution < -0.4 is 10.1 Å². The van der Waals surface area contributed by atoms with E-state index in [0.717, 1.165) is 61.5 Å². The molecule has 0 saturated heterocycles. The van der Waals surface area contributed by atoms with E-state index in [1.54, 1.807) is 0 Å². The van der Waals surface area contributed by atoms with Gasteiger partial charge in [-0.3, -0.25) is 4.79 Å². The number of halogens is 1. The van der Waals surface area contributed by atoms with Crippen molar-refractivity contribution in [3.63, 3.8) is 0 Å². The van der Waals surface area contributed by atoms with Crippen molar-refractivity contribution in [1.29, 1.82) is 0 Å². The van der Waals surface area contributed by atoms with E-state index in [2.05, 4.69) is 34.6 Å². The molecule has 0 bridgehead atoms. The van der Waals surface area contributed by atoms with Crippen LogP contribution in [0.2, 0.25) is 0 Å². The molecule has 5 rings (SSSR count). The van der Waals surface area contributed by atoms with E-state index < -0.39 is 0 Å². The molecule has 0 unspecified atom stereocenters. The fourth-order valence-electron chi connectivity index (χ4n) is 4.57. The molecule has 0 radical (unpaired) electrons. The summed E-state index contributed by atoms with van der Waals surface area (Å²) in [4.78, 5) is 15.6. The van der Waals surface area contributed by atoms with Gasteiger partial charge in [0.05, 0.1) is 12.5 Å². The van der Waals surface area contributed by atoms with Crippen LogP contribution in [0.5, 0.6) is 5.75 Å². The van der Waals surface area contributed by atoms with E-state index >= 15 is 0 Å². The molecule has 4 nitrogen and oxygen atoms in total. The van der Waals surface area contributed by atoms with Crippen LogP contribution in [0, 0.1) is 0 Å². The van der Waals surface area contributed by atoms with Gasteiger partial charge in [0.25, 0.3) is 0 Å². The van der Waals surface area contributed by atoms with Gasteiger partial charge in [0.2, 0.25) is 5.91 Å². The number of fused-ring (bicyclic) bond motifs is 1. The number of amides is 1. The maximum atomic E-state index is 13.3. The molecular formula is C28H29BrN2O2. The lowest BCUT2D eigenvalue weighted by atomic mass is 9.90.